The maximum absolute atomic E-state index is 5.50. The molecule has 60 valence electrons. The Hall–Kier alpha value is -0.440. The quantitative estimate of drug-likeness (QED) is 0.260. The van der Waals surface area contributed by atoms with E-state index in [4.69, 9.17) is 11.6 Å². The third-order valence-electron chi connectivity index (χ3n) is 1.92. The van der Waals surface area contributed by atoms with Gasteiger partial charge in [0.25, 0.3) is 0 Å². The first-order valence-corrected chi connectivity index (χ1v) is 3.38. The van der Waals surface area contributed by atoms with E-state index in [1.165, 1.54) is 25.7 Å². The van der Waals surface area contributed by atoms with E-state index in [0.29, 0.717) is 11.8 Å². The van der Waals surface area contributed by atoms with Crippen molar-refractivity contribution < 1.29 is 0 Å². The Morgan fingerprint density at radius 1 is 1.30 bits per heavy atom. The molecule has 0 amide bonds. The van der Waals surface area contributed by atoms with Crippen molar-refractivity contribution in [1.29, 1.82) is 0 Å². The van der Waals surface area contributed by atoms with Gasteiger partial charge in [0.05, 0.1) is 0 Å². The van der Waals surface area contributed by atoms with Crippen molar-refractivity contribution in [2.75, 3.05) is 0 Å². The molecule has 0 unspecified atom stereocenters. The minimum atomic E-state index is 0. The van der Waals surface area contributed by atoms with E-state index in [0.717, 1.165) is 0 Å². The number of rotatable bonds is 1. The van der Waals surface area contributed by atoms with Crippen LogP contribution < -0.4 is 11.6 Å². The number of hydrogen-bond donors (Lipinski definition) is 2. The molecule has 0 aliphatic heterocycles. The van der Waals surface area contributed by atoms with Crippen molar-refractivity contribution in [1.82, 2.24) is 0 Å². The lowest BCUT2D eigenvalue weighted by molar-refractivity contribution is 0.718. The average molecular weight is 164 g/mol. The summed E-state index contributed by atoms with van der Waals surface area (Å²) < 4.78 is 0. The van der Waals surface area contributed by atoms with Gasteiger partial charge in [-0.05, 0) is 12.8 Å². The lowest BCUT2D eigenvalue weighted by Gasteiger charge is -2.04. The molecule has 0 atom stereocenters. The lowest BCUT2D eigenvalue weighted by atomic mass is 10.1. The highest BCUT2D eigenvalue weighted by Crippen LogP contribution is 2.24. The molecule has 1 aliphatic carbocycles. The molecule has 3 nitrogen and oxygen atoms in total. The predicted octanol–water partition coefficient (Wildman–Crippen LogP) is 0.829. The first-order valence-electron chi connectivity index (χ1n) is 3.38. The molecule has 1 fully saturated rings. The van der Waals surface area contributed by atoms with Crippen molar-refractivity contribution in [3.63, 3.8) is 0 Å². The number of amidine groups is 1. The molecule has 4 N–H and O–H groups in total. The normalized spacial score (nSPS) is 20.6. The highest BCUT2D eigenvalue weighted by molar-refractivity contribution is 5.85. The molecule has 0 aromatic carbocycles. The topological polar surface area (TPSA) is 64.4 Å². The van der Waals surface area contributed by atoms with E-state index in [2.05, 4.69) is 5.10 Å². The van der Waals surface area contributed by atoms with Crippen LogP contribution in [0.2, 0.25) is 0 Å². The summed E-state index contributed by atoms with van der Waals surface area (Å²) in [5.41, 5.74) is 5.50. The van der Waals surface area contributed by atoms with Gasteiger partial charge in [0.1, 0.15) is 5.84 Å². The van der Waals surface area contributed by atoms with Crippen LogP contribution in [0.25, 0.3) is 0 Å². The molecular weight excluding hydrogens is 150 g/mol. The summed E-state index contributed by atoms with van der Waals surface area (Å²) in [5, 5.41) is 3.46. The monoisotopic (exact) mass is 163 g/mol. The van der Waals surface area contributed by atoms with Gasteiger partial charge in [0, 0.05) is 5.92 Å². The number of nitrogens with zero attached hydrogens (tertiary/aromatic N) is 1. The molecule has 4 heteroatoms. The van der Waals surface area contributed by atoms with Gasteiger partial charge in [-0.25, -0.2) is 0 Å². The summed E-state index contributed by atoms with van der Waals surface area (Å²) in [7, 11) is 0. The van der Waals surface area contributed by atoms with Crippen LogP contribution in [-0.2, 0) is 0 Å². The third kappa shape index (κ3) is 2.06. The Balaban J connectivity index is 0.000000810. The zero-order valence-electron chi connectivity index (χ0n) is 5.92. The molecule has 0 saturated heterocycles. The summed E-state index contributed by atoms with van der Waals surface area (Å²) in [4.78, 5) is 0. The Bertz CT molecular complexity index is 118. The molecular formula is C6H14ClN3. The predicted molar refractivity (Wildman–Crippen MR) is 45.0 cm³/mol. The van der Waals surface area contributed by atoms with Gasteiger partial charge in [-0.1, -0.05) is 12.8 Å². The largest absolute Gasteiger partial charge is 0.386 e. The molecule has 1 saturated carbocycles. The smallest absolute Gasteiger partial charge is 0.122 e. The van der Waals surface area contributed by atoms with Gasteiger partial charge >= 0.3 is 0 Å². The fourth-order valence-corrected chi connectivity index (χ4v) is 1.33. The van der Waals surface area contributed by atoms with Crippen LogP contribution >= 0.6 is 12.4 Å². The fourth-order valence-electron chi connectivity index (χ4n) is 1.33. The molecule has 10 heavy (non-hydrogen) atoms. The Labute approximate surface area is 67.3 Å². The van der Waals surface area contributed by atoms with Crippen molar-refractivity contribution in [2.24, 2.45) is 22.6 Å². The van der Waals surface area contributed by atoms with Crippen LogP contribution in [0, 0.1) is 5.92 Å². The molecule has 1 rings (SSSR count). The minimum Gasteiger partial charge on any atom is -0.386 e. The zero-order chi connectivity index (χ0) is 6.69. The first kappa shape index (κ1) is 9.56. The summed E-state index contributed by atoms with van der Waals surface area (Å²) in [6.07, 6.45) is 4.90. The fraction of sp³-hybridized carbons (Fsp3) is 0.833. The van der Waals surface area contributed by atoms with Crippen molar-refractivity contribution >= 4 is 18.2 Å². The van der Waals surface area contributed by atoms with Crippen molar-refractivity contribution in [2.45, 2.75) is 25.7 Å². The second-order valence-electron chi connectivity index (χ2n) is 2.54. The Morgan fingerprint density at radius 3 is 2.20 bits per heavy atom. The molecule has 0 bridgehead atoms. The van der Waals surface area contributed by atoms with Gasteiger partial charge in [-0.15, -0.1) is 12.4 Å². The van der Waals surface area contributed by atoms with Crippen LogP contribution in [0.5, 0.6) is 0 Å². The maximum atomic E-state index is 5.50. The summed E-state index contributed by atoms with van der Waals surface area (Å²) >= 11 is 0. The molecule has 0 radical (unpaired) electrons. The zero-order valence-corrected chi connectivity index (χ0v) is 6.73. The van der Waals surface area contributed by atoms with Crippen LogP contribution in [0.3, 0.4) is 0 Å². The minimum absolute atomic E-state index is 0. The molecule has 0 aromatic rings. The summed E-state index contributed by atoms with van der Waals surface area (Å²) in [6.45, 7) is 0. The number of nitrogens with two attached hydrogens (primary N) is 2. The molecule has 1 aliphatic rings. The SMILES string of the molecule is Cl.N/N=C(\N)C1CCCC1. The Morgan fingerprint density at radius 2 is 1.80 bits per heavy atom. The second kappa shape index (κ2) is 4.39. The first-order chi connectivity index (χ1) is 4.34. The average Bonchev–Trinajstić information content (AvgIpc) is 2.37. The van der Waals surface area contributed by atoms with E-state index in [1.54, 1.807) is 0 Å². The summed E-state index contributed by atoms with van der Waals surface area (Å²) in [6, 6.07) is 0. The van der Waals surface area contributed by atoms with E-state index in [-0.39, 0.29) is 12.4 Å². The lowest BCUT2D eigenvalue weighted by Crippen LogP contribution is -2.22. The third-order valence-corrected chi connectivity index (χ3v) is 1.92. The van der Waals surface area contributed by atoms with E-state index in [1.807, 2.05) is 0 Å². The van der Waals surface area contributed by atoms with Crippen LogP contribution in [-0.4, -0.2) is 5.84 Å². The van der Waals surface area contributed by atoms with Crippen LogP contribution in [0.15, 0.2) is 5.10 Å². The molecule has 0 spiro atoms. The Kier molecular flexibility index (Phi) is 4.19. The number of halogens is 1. The number of hydrogen-bond acceptors (Lipinski definition) is 2. The van der Waals surface area contributed by atoms with Crippen molar-refractivity contribution in [3.05, 3.63) is 0 Å². The molecule has 0 heterocycles. The van der Waals surface area contributed by atoms with Gasteiger partial charge in [0.2, 0.25) is 0 Å². The van der Waals surface area contributed by atoms with Crippen LogP contribution in [0.4, 0.5) is 0 Å². The van der Waals surface area contributed by atoms with Gasteiger partial charge in [-0.3, -0.25) is 0 Å². The van der Waals surface area contributed by atoms with E-state index < -0.39 is 0 Å². The van der Waals surface area contributed by atoms with Gasteiger partial charge in [-0.2, -0.15) is 5.10 Å². The van der Waals surface area contributed by atoms with Crippen molar-refractivity contribution in [3.8, 4) is 0 Å². The van der Waals surface area contributed by atoms with E-state index >= 15 is 0 Å². The maximum Gasteiger partial charge on any atom is 0.122 e. The van der Waals surface area contributed by atoms with Gasteiger partial charge < -0.3 is 11.6 Å². The van der Waals surface area contributed by atoms with E-state index in [9.17, 15) is 0 Å². The summed E-state index contributed by atoms with van der Waals surface area (Å²) in [5.74, 6) is 6.13. The highest BCUT2D eigenvalue weighted by Gasteiger charge is 2.17. The number of hydrazone groups is 1. The standard InChI is InChI=1S/C6H13N3.ClH/c7-6(9-8)5-3-1-2-4-5;/h5H,1-4,8H2,(H2,7,9);1H. The molecule has 0 aromatic heterocycles. The highest BCUT2D eigenvalue weighted by atomic mass is 35.5. The van der Waals surface area contributed by atoms with Gasteiger partial charge in [0.15, 0.2) is 0 Å². The van der Waals surface area contributed by atoms with Crippen LogP contribution in [0.1, 0.15) is 25.7 Å². The second-order valence-corrected chi connectivity index (χ2v) is 2.54.